The number of ether oxygens (including phenoxy) is 1. The van der Waals surface area contributed by atoms with Crippen LogP contribution in [0.3, 0.4) is 0 Å². The van der Waals surface area contributed by atoms with Gasteiger partial charge in [-0.1, -0.05) is 30.3 Å². The number of fused-ring (bicyclic) bond motifs is 3. The predicted octanol–water partition coefficient (Wildman–Crippen LogP) is 6.32. The zero-order valence-corrected chi connectivity index (χ0v) is 20.8. The Labute approximate surface area is 215 Å². The molecule has 6 rings (SSSR count). The molecule has 4 heterocycles. The van der Waals surface area contributed by atoms with Gasteiger partial charge in [-0.2, -0.15) is 18.3 Å². The van der Waals surface area contributed by atoms with Crippen LogP contribution in [0.25, 0.3) is 0 Å². The molecule has 3 aromatic rings. The second-order valence-electron chi connectivity index (χ2n) is 10.7. The van der Waals surface area contributed by atoms with Crippen molar-refractivity contribution >= 4 is 5.69 Å². The summed E-state index contributed by atoms with van der Waals surface area (Å²) in [5.41, 5.74) is 1.90. The predicted molar refractivity (Wildman–Crippen MR) is 136 cm³/mol. The van der Waals surface area contributed by atoms with E-state index < -0.39 is 11.7 Å². The van der Waals surface area contributed by atoms with Gasteiger partial charge in [-0.15, -0.1) is 0 Å². The summed E-state index contributed by atoms with van der Waals surface area (Å²) in [6.07, 6.45) is 3.17. The van der Waals surface area contributed by atoms with Crippen molar-refractivity contribution < 1.29 is 17.9 Å². The summed E-state index contributed by atoms with van der Waals surface area (Å²) >= 11 is 0. The maximum Gasteiger partial charge on any atom is 0.416 e. The third-order valence-corrected chi connectivity index (χ3v) is 8.31. The number of piperidine rings is 1. The second kappa shape index (κ2) is 10.1. The average Bonchev–Trinajstić information content (AvgIpc) is 3.42. The highest BCUT2D eigenvalue weighted by atomic mass is 19.4. The Morgan fingerprint density at radius 3 is 2.49 bits per heavy atom. The van der Waals surface area contributed by atoms with E-state index in [1.54, 1.807) is 6.07 Å². The van der Waals surface area contributed by atoms with Crippen LogP contribution in [0.4, 0.5) is 18.9 Å². The van der Waals surface area contributed by atoms with Gasteiger partial charge < -0.3 is 15.0 Å². The number of nitrogens with zero attached hydrogens (tertiary/aromatic N) is 3. The molecule has 0 spiro atoms. The smallest absolute Gasteiger partial charge is 0.378 e. The molecule has 2 fully saturated rings. The van der Waals surface area contributed by atoms with Gasteiger partial charge in [-0.3, -0.25) is 4.68 Å². The third-order valence-electron chi connectivity index (χ3n) is 8.31. The monoisotopic (exact) mass is 510 g/mol. The van der Waals surface area contributed by atoms with Crippen LogP contribution < -0.4 is 5.32 Å². The van der Waals surface area contributed by atoms with E-state index in [1.165, 1.54) is 12.1 Å². The Balaban J connectivity index is 1.17. The fraction of sp³-hybridized carbons (Fsp3) is 0.483. The van der Waals surface area contributed by atoms with Crippen LogP contribution in [0.1, 0.15) is 54.5 Å². The van der Waals surface area contributed by atoms with E-state index in [2.05, 4.69) is 27.4 Å². The van der Waals surface area contributed by atoms with Crippen LogP contribution in [0.2, 0.25) is 0 Å². The lowest BCUT2D eigenvalue weighted by Crippen LogP contribution is -2.45. The van der Waals surface area contributed by atoms with E-state index in [4.69, 9.17) is 4.74 Å². The fourth-order valence-corrected chi connectivity index (χ4v) is 6.37. The van der Waals surface area contributed by atoms with Gasteiger partial charge in [0.25, 0.3) is 0 Å². The number of halogens is 3. The number of hydrogen-bond acceptors (Lipinski definition) is 4. The van der Waals surface area contributed by atoms with Crippen molar-refractivity contribution in [2.24, 2.45) is 11.8 Å². The Morgan fingerprint density at radius 2 is 1.76 bits per heavy atom. The van der Waals surface area contributed by atoms with Crippen LogP contribution in [0, 0.1) is 11.8 Å². The highest BCUT2D eigenvalue weighted by Gasteiger charge is 2.44. The molecule has 1 aromatic heterocycles. The zero-order valence-electron chi connectivity index (χ0n) is 20.8. The standard InChI is InChI=1S/C29H33F3N4O/c30-29(31,32)22-7-10-26-25(17-22)28-24(27(34-26)21-5-2-1-3-6-21)9-8-23(37-28)19-35-15-11-20(12-16-35)18-36-14-4-13-33-36/h1-7,10,13-14,17,20,23-24,27-28,34H,8-9,11-12,15-16,18-19H2/t23-,24+,27+,28+/m1/s1. The first-order valence-corrected chi connectivity index (χ1v) is 13.3. The van der Waals surface area contributed by atoms with Crippen molar-refractivity contribution in [3.63, 3.8) is 0 Å². The lowest BCUT2D eigenvalue weighted by Gasteiger charge is -2.47. The highest BCUT2D eigenvalue weighted by molar-refractivity contribution is 5.58. The molecule has 196 valence electrons. The van der Waals surface area contributed by atoms with Gasteiger partial charge in [-0.05, 0) is 74.5 Å². The van der Waals surface area contributed by atoms with Crippen LogP contribution in [0.15, 0.2) is 67.0 Å². The minimum Gasteiger partial charge on any atom is -0.378 e. The van der Waals surface area contributed by atoms with Gasteiger partial charge >= 0.3 is 6.18 Å². The Kier molecular flexibility index (Phi) is 6.71. The van der Waals surface area contributed by atoms with Gasteiger partial charge in [0.1, 0.15) is 0 Å². The molecular formula is C29H33F3N4O. The van der Waals surface area contributed by atoms with Crippen LogP contribution in [-0.4, -0.2) is 40.4 Å². The van der Waals surface area contributed by atoms with Crippen molar-refractivity contribution in [3.05, 3.63) is 83.7 Å². The molecule has 5 nitrogen and oxygen atoms in total. The lowest BCUT2D eigenvalue weighted by molar-refractivity contribution is -0.138. The summed E-state index contributed by atoms with van der Waals surface area (Å²) in [6, 6.07) is 16.2. The molecule has 3 aliphatic heterocycles. The van der Waals surface area contributed by atoms with Gasteiger partial charge in [0, 0.05) is 42.7 Å². The minimum absolute atomic E-state index is 0.00873. The summed E-state index contributed by atoms with van der Waals surface area (Å²) in [5, 5.41) is 7.88. The number of nitrogens with one attached hydrogen (secondary N) is 1. The molecule has 2 aromatic carbocycles. The van der Waals surface area contributed by atoms with Crippen molar-refractivity contribution in [3.8, 4) is 0 Å². The number of likely N-dealkylation sites (tertiary alicyclic amines) is 1. The summed E-state index contributed by atoms with van der Waals surface area (Å²) in [5.74, 6) is 0.700. The molecule has 0 unspecified atom stereocenters. The first kappa shape index (κ1) is 24.5. The Morgan fingerprint density at radius 1 is 0.946 bits per heavy atom. The molecule has 0 saturated carbocycles. The fourth-order valence-electron chi connectivity index (χ4n) is 6.37. The number of anilines is 1. The molecule has 0 radical (unpaired) electrons. The lowest BCUT2D eigenvalue weighted by atomic mass is 9.76. The van der Waals surface area contributed by atoms with Crippen LogP contribution in [-0.2, 0) is 17.5 Å². The SMILES string of the molecule is FC(F)(F)c1ccc2c(c1)[C@H]1O[C@@H](CN3CCC(Cn4cccn4)CC3)CC[C@H]1[C@H](c1ccccc1)N2. The summed E-state index contributed by atoms with van der Waals surface area (Å²) in [4.78, 5) is 2.47. The number of aromatic nitrogens is 2. The normalized spacial score (nSPS) is 26.8. The number of hydrogen-bond donors (Lipinski definition) is 1. The van der Waals surface area contributed by atoms with Gasteiger partial charge in [0.2, 0.25) is 0 Å². The van der Waals surface area contributed by atoms with Crippen molar-refractivity contribution in [2.45, 2.75) is 56.7 Å². The summed E-state index contributed by atoms with van der Waals surface area (Å²) in [7, 11) is 0. The molecule has 8 heteroatoms. The maximum absolute atomic E-state index is 13.6. The molecule has 37 heavy (non-hydrogen) atoms. The van der Waals surface area contributed by atoms with Crippen molar-refractivity contribution in [2.75, 3.05) is 25.0 Å². The largest absolute Gasteiger partial charge is 0.416 e. The van der Waals surface area contributed by atoms with E-state index >= 15 is 0 Å². The minimum atomic E-state index is -4.38. The molecular weight excluding hydrogens is 477 g/mol. The second-order valence-corrected chi connectivity index (χ2v) is 10.7. The van der Waals surface area contributed by atoms with Crippen LogP contribution in [0.5, 0.6) is 0 Å². The average molecular weight is 511 g/mol. The van der Waals surface area contributed by atoms with Gasteiger partial charge in [0.15, 0.2) is 0 Å². The molecule has 3 aliphatic rings. The van der Waals surface area contributed by atoms with Crippen molar-refractivity contribution in [1.82, 2.24) is 14.7 Å². The molecule has 1 N–H and O–H groups in total. The first-order valence-electron chi connectivity index (χ1n) is 13.3. The number of rotatable bonds is 5. The number of benzene rings is 2. The van der Waals surface area contributed by atoms with Gasteiger partial charge in [-0.25, -0.2) is 0 Å². The molecule has 0 amide bonds. The van der Waals surface area contributed by atoms with E-state index in [1.807, 2.05) is 41.3 Å². The topological polar surface area (TPSA) is 42.3 Å². The van der Waals surface area contributed by atoms with E-state index in [-0.39, 0.29) is 24.2 Å². The summed E-state index contributed by atoms with van der Waals surface area (Å²) < 4.78 is 49.5. The third kappa shape index (κ3) is 5.27. The maximum atomic E-state index is 13.6. The number of alkyl halides is 3. The van der Waals surface area contributed by atoms with Gasteiger partial charge in [0.05, 0.1) is 23.8 Å². The van der Waals surface area contributed by atoms with E-state index in [9.17, 15) is 13.2 Å². The molecule has 2 saturated heterocycles. The van der Waals surface area contributed by atoms with E-state index in [0.29, 0.717) is 11.5 Å². The molecule has 0 bridgehead atoms. The first-order chi connectivity index (χ1) is 17.9. The Hall–Kier alpha value is -2.84. The van der Waals surface area contributed by atoms with Crippen molar-refractivity contribution in [1.29, 1.82) is 0 Å². The summed E-state index contributed by atoms with van der Waals surface area (Å²) in [6.45, 7) is 3.82. The molecule has 0 aliphatic carbocycles. The molecule has 4 atom stereocenters. The zero-order chi connectivity index (χ0) is 25.4. The highest BCUT2D eigenvalue weighted by Crippen LogP contribution is 2.51. The Bertz CT molecular complexity index is 1180. The van der Waals surface area contributed by atoms with Crippen LogP contribution >= 0.6 is 0 Å². The van der Waals surface area contributed by atoms with E-state index in [0.717, 1.165) is 63.1 Å². The quantitative estimate of drug-likeness (QED) is 0.436.